The van der Waals surface area contributed by atoms with E-state index in [0.29, 0.717) is 34.7 Å². The van der Waals surface area contributed by atoms with Gasteiger partial charge in [-0.05, 0) is 73.0 Å². The summed E-state index contributed by atoms with van der Waals surface area (Å²) in [5, 5.41) is 6.31. The zero-order chi connectivity index (χ0) is 38.7. The van der Waals surface area contributed by atoms with Crippen LogP contribution in [0.2, 0.25) is 0 Å². The average molecular weight is 752 g/mol. The van der Waals surface area contributed by atoms with E-state index in [0.717, 1.165) is 66.4 Å². The van der Waals surface area contributed by atoms with Crippen LogP contribution in [-0.4, -0.2) is 95.4 Å². The van der Waals surface area contributed by atoms with E-state index in [2.05, 4.69) is 37.5 Å². The summed E-state index contributed by atoms with van der Waals surface area (Å²) in [5.74, 6) is -0.196. The third kappa shape index (κ3) is 12.0. The maximum Gasteiger partial charge on any atom is 0.317 e. The van der Waals surface area contributed by atoms with Crippen LogP contribution in [0.4, 0.5) is 17.3 Å². The second kappa shape index (κ2) is 18.0. The molecule has 0 saturated carbocycles. The summed E-state index contributed by atoms with van der Waals surface area (Å²) in [6.45, 7) is 8.63. The number of esters is 1. The van der Waals surface area contributed by atoms with Crippen LogP contribution in [0.25, 0.3) is 11.3 Å². The van der Waals surface area contributed by atoms with E-state index < -0.39 is 10.1 Å². The molecule has 0 radical (unpaired) electrons. The standard InChI is InChI=1S/C39H41N7O3.CH4O3S/c1-28-11-16-34(24-36(28)44-39-41-19-17-35(43-39)33-10-7-18-40-25-33)42-37(47)32-14-12-30(13-15-32)26-45-20-22-46(3,23-21-45)27-49-38(48)29(2)31-8-5-4-6-9-31;1-5(2,3)4/h4-19,24-25,29H,20-23,26-27H2,1-3H3,(H-,41,42,43,44,47);1H3,(H,2,3,4). The number of carbonyl (C=O) groups excluding carboxylic acids is 2. The smallest absolute Gasteiger partial charge is 0.317 e. The molecule has 1 unspecified atom stereocenters. The highest BCUT2D eigenvalue weighted by molar-refractivity contribution is 7.84. The van der Waals surface area contributed by atoms with Gasteiger partial charge in [-0.3, -0.25) is 24.0 Å². The van der Waals surface area contributed by atoms with Crippen molar-refractivity contribution < 1.29 is 31.8 Å². The lowest BCUT2D eigenvalue weighted by Gasteiger charge is -2.41. The summed E-state index contributed by atoms with van der Waals surface area (Å²) in [5.41, 5.74) is 6.82. The third-order valence-electron chi connectivity index (χ3n) is 9.06. The first kappa shape index (κ1) is 39.7. The number of likely N-dealkylation sites (N-methyl/N-ethyl adjacent to an activating group) is 1. The van der Waals surface area contributed by atoms with Crippen molar-refractivity contribution in [3.05, 3.63) is 132 Å². The number of pyridine rings is 1. The minimum atomic E-state index is -3.92. The lowest BCUT2D eigenvalue weighted by Crippen LogP contribution is -2.58. The zero-order valence-electron chi connectivity index (χ0n) is 30.8. The lowest BCUT2D eigenvalue weighted by molar-refractivity contribution is -0.929. The molecule has 1 atom stereocenters. The Kier molecular flexibility index (Phi) is 13.2. The number of quaternary nitrogens is 1. The van der Waals surface area contributed by atoms with Gasteiger partial charge < -0.3 is 19.9 Å². The lowest BCUT2D eigenvalue weighted by atomic mass is 10.0. The number of rotatable bonds is 11. The number of hydrogen-bond acceptors (Lipinski definition) is 11. The molecule has 3 heterocycles. The summed E-state index contributed by atoms with van der Waals surface area (Å²) >= 11 is 0. The average Bonchev–Trinajstić information content (AvgIpc) is 3.16. The van der Waals surface area contributed by atoms with E-state index in [4.69, 9.17) is 17.7 Å². The molecule has 1 fully saturated rings. The first-order chi connectivity index (χ1) is 25.7. The van der Waals surface area contributed by atoms with E-state index in [1.807, 2.05) is 105 Å². The molecule has 2 N–H and O–H groups in total. The highest BCUT2D eigenvalue weighted by Gasteiger charge is 2.31. The van der Waals surface area contributed by atoms with Crippen molar-refractivity contribution in [2.75, 3.05) is 56.8 Å². The summed E-state index contributed by atoms with van der Waals surface area (Å²) in [6.07, 6.45) is 5.80. The number of hydrogen-bond donors (Lipinski definition) is 2. The van der Waals surface area contributed by atoms with Crippen LogP contribution in [0.3, 0.4) is 0 Å². The molecule has 2 aromatic heterocycles. The zero-order valence-corrected chi connectivity index (χ0v) is 31.6. The quantitative estimate of drug-likeness (QED) is 0.0984. The van der Waals surface area contributed by atoms with Gasteiger partial charge in [-0.1, -0.05) is 48.5 Å². The SMILES string of the molecule is CS(=O)(=O)[O-].Cc1ccc(NC(=O)c2ccc(CN3CC[N+](C)(COC(=O)C(C)c4ccccc4)CC3)cc2)cc1Nc1nccc(-c2cccnc2)n1. The summed E-state index contributed by atoms with van der Waals surface area (Å²) < 4.78 is 33.7. The fourth-order valence-corrected chi connectivity index (χ4v) is 5.77. The minimum Gasteiger partial charge on any atom is -0.748 e. The van der Waals surface area contributed by atoms with Crippen LogP contribution in [0, 0.1) is 6.92 Å². The number of ether oxygens (including phenoxy) is 1. The number of carbonyl (C=O) groups is 2. The molecule has 54 heavy (non-hydrogen) atoms. The van der Waals surface area contributed by atoms with E-state index in [1.54, 1.807) is 18.6 Å². The predicted octanol–water partition coefficient (Wildman–Crippen LogP) is 5.57. The maximum absolute atomic E-state index is 13.2. The number of anilines is 3. The topological polar surface area (TPSA) is 167 Å². The Bertz CT molecular complexity index is 2120. The van der Waals surface area contributed by atoms with Gasteiger partial charge in [-0.15, -0.1) is 0 Å². The third-order valence-corrected chi connectivity index (χ3v) is 9.06. The summed E-state index contributed by atoms with van der Waals surface area (Å²) in [4.78, 5) is 41.4. The van der Waals surface area contributed by atoms with Gasteiger partial charge in [0.15, 0.2) is 0 Å². The van der Waals surface area contributed by atoms with Crippen molar-refractivity contribution in [3.63, 3.8) is 0 Å². The van der Waals surface area contributed by atoms with E-state index in [-0.39, 0.29) is 17.8 Å². The number of amides is 1. The van der Waals surface area contributed by atoms with Gasteiger partial charge in [-0.25, -0.2) is 18.4 Å². The molecule has 1 aliphatic heterocycles. The molecule has 0 spiro atoms. The van der Waals surface area contributed by atoms with Gasteiger partial charge >= 0.3 is 5.97 Å². The van der Waals surface area contributed by atoms with Gasteiger partial charge in [0.05, 0.1) is 41.9 Å². The fourth-order valence-electron chi connectivity index (χ4n) is 5.77. The Balaban J connectivity index is 0.00000105. The number of aryl methyl sites for hydroxylation is 1. The molecule has 14 heteroatoms. The monoisotopic (exact) mass is 751 g/mol. The Hall–Kier alpha value is -5.54. The minimum absolute atomic E-state index is 0.182. The van der Waals surface area contributed by atoms with E-state index in [9.17, 15) is 9.59 Å². The Morgan fingerprint density at radius 1 is 0.963 bits per heavy atom. The summed E-state index contributed by atoms with van der Waals surface area (Å²) in [7, 11) is -1.77. The molecule has 13 nitrogen and oxygen atoms in total. The molecule has 1 amide bonds. The normalized spacial score (nSPS) is 14.5. The molecule has 5 aromatic rings. The van der Waals surface area contributed by atoms with Crippen LogP contribution in [0.1, 0.15) is 39.9 Å². The van der Waals surface area contributed by atoms with Crippen molar-refractivity contribution in [2.24, 2.45) is 0 Å². The van der Waals surface area contributed by atoms with E-state index >= 15 is 0 Å². The summed E-state index contributed by atoms with van der Waals surface area (Å²) in [6, 6.07) is 28.9. The van der Waals surface area contributed by atoms with Crippen molar-refractivity contribution in [3.8, 4) is 11.3 Å². The van der Waals surface area contributed by atoms with Crippen molar-refractivity contribution in [2.45, 2.75) is 26.3 Å². The second-order valence-corrected chi connectivity index (χ2v) is 15.0. The van der Waals surface area contributed by atoms with Gasteiger partial charge in [-0.2, -0.15) is 0 Å². The van der Waals surface area contributed by atoms with Crippen LogP contribution in [-0.2, 0) is 26.2 Å². The molecule has 1 aliphatic rings. The molecular formula is C40H45N7O6S. The number of benzene rings is 3. The molecular weight excluding hydrogens is 707 g/mol. The fraction of sp³-hybridized carbons (Fsp3) is 0.275. The van der Waals surface area contributed by atoms with Gasteiger partial charge in [0, 0.05) is 67.0 Å². The van der Waals surface area contributed by atoms with Crippen LogP contribution in [0.15, 0.2) is 110 Å². The number of nitrogens with one attached hydrogen (secondary N) is 2. The molecule has 282 valence electrons. The highest BCUT2D eigenvalue weighted by atomic mass is 32.2. The van der Waals surface area contributed by atoms with Gasteiger partial charge in [0.2, 0.25) is 12.7 Å². The van der Waals surface area contributed by atoms with Crippen LogP contribution < -0.4 is 10.6 Å². The number of nitrogens with zero attached hydrogens (tertiary/aromatic N) is 5. The van der Waals surface area contributed by atoms with Crippen molar-refractivity contribution in [1.82, 2.24) is 19.9 Å². The molecule has 0 bridgehead atoms. The first-order valence-electron chi connectivity index (χ1n) is 17.4. The Labute approximate surface area is 316 Å². The van der Waals surface area contributed by atoms with Crippen LogP contribution in [0.5, 0.6) is 0 Å². The Morgan fingerprint density at radius 2 is 1.67 bits per heavy atom. The van der Waals surface area contributed by atoms with Crippen LogP contribution >= 0.6 is 0 Å². The molecule has 3 aromatic carbocycles. The second-order valence-electron chi connectivity index (χ2n) is 13.6. The first-order valence-corrected chi connectivity index (χ1v) is 19.3. The van der Waals surface area contributed by atoms with Gasteiger partial charge in [0.1, 0.15) is 0 Å². The maximum atomic E-state index is 13.2. The molecule has 6 rings (SSSR count). The molecule has 0 aliphatic carbocycles. The van der Waals surface area contributed by atoms with Gasteiger partial charge in [0.25, 0.3) is 5.91 Å². The largest absolute Gasteiger partial charge is 0.748 e. The van der Waals surface area contributed by atoms with E-state index in [1.165, 1.54) is 0 Å². The van der Waals surface area contributed by atoms with Crippen molar-refractivity contribution >= 4 is 39.3 Å². The highest BCUT2D eigenvalue weighted by Crippen LogP contribution is 2.25. The predicted molar refractivity (Wildman–Crippen MR) is 207 cm³/mol. The Morgan fingerprint density at radius 3 is 2.33 bits per heavy atom. The molecule has 1 saturated heterocycles. The van der Waals surface area contributed by atoms with Crippen molar-refractivity contribution in [1.29, 1.82) is 0 Å². The number of aromatic nitrogens is 3. The number of piperazine rings is 1.